The smallest absolute Gasteiger partial charge is 0.317 e. The van der Waals surface area contributed by atoms with Crippen LogP contribution in [0.15, 0.2) is 18.2 Å². The van der Waals surface area contributed by atoms with E-state index in [1.54, 1.807) is 17.0 Å². The highest BCUT2D eigenvalue weighted by Gasteiger charge is 2.27. The number of carboxylic acid groups (broad SMARTS) is 1. The van der Waals surface area contributed by atoms with E-state index in [0.717, 1.165) is 18.4 Å². The number of carbonyl (C=O) groups excluding carboxylic acids is 1. The molecule has 23 heavy (non-hydrogen) atoms. The maximum Gasteiger partial charge on any atom is 0.317 e. The number of nitrogens with one attached hydrogen (secondary N) is 1. The quantitative estimate of drug-likeness (QED) is 0.896. The molecule has 1 aliphatic carbocycles. The number of hydrogen-bond acceptors (Lipinski definition) is 2. The second-order valence-electron chi connectivity index (χ2n) is 6.38. The van der Waals surface area contributed by atoms with E-state index < -0.39 is 5.97 Å². The average molecular weight is 320 g/mol. The van der Waals surface area contributed by atoms with E-state index in [-0.39, 0.29) is 24.3 Å². The molecule has 0 atom stereocenters. The third kappa shape index (κ3) is 3.81. The first-order valence-electron chi connectivity index (χ1n) is 8.08. The molecule has 0 radical (unpaired) electrons. The van der Waals surface area contributed by atoms with Gasteiger partial charge in [-0.2, -0.15) is 0 Å². The van der Waals surface area contributed by atoms with E-state index in [1.165, 1.54) is 0 Å². The normalized spacial score (nSPS) is 18.7. The van der Waals surface area contributed by atoms with Gasteiger partial charge in [-0.1, -0.05) is 12.1 Å². The number of benzene rings is 1. The van der Waals surface area contributed by atoms with Crippen LogP contribution in [0.2, 0.25) is 0 Å². The number of hydrogen-bond donors (Lipinski definition) is 2. The number of rotatable bonds is 4. The van der Waals surface area contributed by atoms with Gasteiger partial charge in [0.1, 0.15) is 5.82 Å². The summed E-state index contributed by atoms with van der Waals surface area (Å²) < 4.78 is 14.0. The molecule has 124 valence electrons. The molecule has 3 rings (SSSR count). The Hall–Kier alpha value is -2.11. The molecule has 0 bridgehead atoms. The molecule has 2 N–H and O–H groups in total. The van der Waals surface area contributed by atoms with E-state index in [9.17, 15) is 14.0 Å². The van der Waals surface area contributed by atoms with Crippen LogP contribution in [0.25, 0.3) is 0 Å². The lowest BCUT2D eigenvalue weighted by Crippen LogP contribution is -2.45. The minimum Gasteiger partial charge on any atom is -0.481 e. The summed E-state index contributed by atoms with van der Waals surface area (Å²) in [5.41, 5.74) is 1.51. The monoisotopic (exact) mass is 320 g/mol. The van der Waals surface area contributed by atoms with Gasteiger partial charge in [0.05, 0.1) is 5.92 Å². The summed E-state index contributed by atoms with van der Waals surface area (Å²) in [5.74, 6) is -0.947. The Morgan fingerprint density at radius 2 is 1.91 bits per heavy atom. The molecule has 0 spiro atoms. The Bertz CT molecular complexity index is 608. The van der Waals surface area contributed by atoms with Crippen LogP contribution in [-0.4, -0.2) is 35.1 Å². The fourth-order valence-corrected chi connectivity index (χ4v) is 2.99. The van der Waals surface area contributed by atoms with E-state index in [1.807, 2.05) is 6.07 Å². The second kappa shape index (κ2) is 6.56. The van der Waals surface area contributed by atoms with Gasteiger partial charge in [-0.3, -0.25) is 4.79 Å². The highest BCUT2D eigenvalue weighted by atomic mass is 19.1. The van der Waals surface area contributed by atoms with Gasteiger partial charge in [-0.25, -0.2) is 9.18 Å². The molecular weight excluding hydrogens is 299 g/mol. The van der Waals surface area contributed by atoms with Crippen molar-refractivity contribution in [2.24, 2.45) is 5.92 Å². The van der Waals surface area contributed by atoms with Crippen LogP contribution >= 0.6 is 0 Å². The van der Waals surface area contributed by atoms with Gasteiger partial charge in [0.15, 0.2) is 0 Å². The lowest BCUT2D eigenvalue weighted by atomic mass is 9.97. The molecule has 1 aromatic rings. The number of urea groups is 1. The lowest BCUT2D eigenvalue weighted by Gasteiger charge is -2.30. The molecule has 2 fully saturated rings. The number of carbonyl (C=O) groups is 2. The third-order valence-electron chi connectivity index (χ3n) is 4.69. The fraction of sp³-hybridized carbons (Fsp3) is 0.529. The molecule has 1 saturated carbocycles. The summed E-state index contributed by atoms with van der Waals surface area (Å²) in [6, 6.07) is 4.97. The molecular formula is C17H21FN2O3. The molecule has 5 nitrogen and oxygen atoms in total. The predicted octanol–water partition coefficient (Wildman–Crippen LogP) is 2.71. The van der Waals surface area contributed by atoms with Crippen LogP contribution in [0.4, 0.5) is 9.18 Å². The van der Waals surface area contributed by atoms with Crippen molar-refractivity contribution in [2.45, 2.75) is 38.1 Å². The number of likely N-dealkylation sites (tertiary alicyclic amines) is 1. The number of nitrogens with zero attached hydrogens (tertiary/aromatic N) is 1. The van der Waals surface area contributed by atoms with Gasteiger partial charge in [0, 0.05) is 25.2 Å². The third-order valence-corrected chi connectivity index (χ3v) is 4.69. The van der Waals surface area contributed by atoms with Crippen molar-refractivity contribution in [3.05, 3.63) is 35.1 Å². The molecule has 0 aromatic heterocycles. The number of amides is 2. The summed E-state index contributed by atoms with van der Waals surface area (Å²) >= 11 is 0. The van der Waals surface area contributed by atoms with Crippen molar-refractivity contribution < 1.29 is 19.1 Å². The SMILES string of the molecule is O=C(O)C1CCN(C(=O)NCc2ccc(C3CC3)cc2F)CC1. The Kier molecular flexibility index (Phi) is 4.50. The minimum absolute atomic E-state index is 0.147. The van der Waals surface area contributed by atoms with E-state index in [2.05, 4.69) is 5.32 Å². The maximum absolute atomic E-state index is 14.0. The van der Waals surface area contributed by atoms with Crippen molar-refractivity contribution in [1.82, 2.24) is 10.2 Å². The van der Waals surface area contributed by atoms with Gasteiger partial charge in [-0.05, 0) is 43.2 Å². The number of halogens is 1. The first-order chi connectivity index (χ1) is 11.0. The van der Waals surface area contributed by atoms with E-state index in [0.29, 0.717) is 37.4 Å². The molecule has 1 aromatic carbocycles. The highest BCUT2D eigenvalue weighted by Crippen LogP contribution is 2.40. The predicted molar refractivity (Wildman–Crippen MR) is 82.5 cm³/mol. The van der Waals surface area contributed by atoms with Gasteiger partial charge >= 0.3 is 12.0 Å². The Morgan fingerprint density at radius 1 is 1.22 bits per heavy atom. The second-order valence-corrected chi connectivity index (χ2v) is 6.38. The average Bonchev–Trinajstić information content (AvgIpc) is 3.38. The van der Waals surface area contributed by atoms with Crippen molar-refractivity contribution >= 4 is 12.0 Å². The maximum atomic E-state index is 14.0. The fourth-order valence-electron chi connectivity index (χ4n) is 2.99. The highest BCUT2D eigenvalue weighted by molar-refractivity contribution is 5.75. The lowest BCUT2D eigenvalue weighted by molar-refractivity contribution is -0.143. The van der Waals surface area contributed by atoms with Crippen molar-refractivity contribution in [3.8, 4) is 0 Å². The van der Waals surface area contributed by atoms with E-state index in [4.69, 9.17) is 5.11 Å². The first-order valence-corrected chi connectivity index (χ1v) is 8.08. The summed E-state index contributed by atoms with van der Waals surface area (Å²) in [5, 5.41) is 11.7. The van der Waals surface area contributed by atoms with Crippen LogP contribution in [0.1, 0.15) is 42.7 Å². The molecule has 6 heteroatoms. The van der Waals surface area contributed by atoms with Gasteiger partial charge in [0.25, 0.3) is 0 Å². The molecule has 0 unspecified atom stereocenters. The van der Waals surface area contributed by atoms with Crippen molar-refractivity contribution in [2.75, 3.05) is 13.1 Å². The number of aliphatic carboxylic acids is 1. The largest absolute Gasteiger partial charge is 0.481 e. The van der Waals surface area contributed by atoms with Crippen molar-refractivity contribution in [3.63, 3.8) is 0 Å². The zero-order chi connectivity index (χ0) is 16.4. The Balaban J connectivity index is 1.50. The van der Waals surface area contributed by atoms with Crippen molar-refractivity contribution in [1.29, 1.82) is 0 Å². The van der Waals surface area contributed by atoms with Crippen LogP contribution in [0.3, 0.4) is 0 Å². The molecule has 2 amide bonds. The van der Waals surface area contributed by atoms with Gasteiger partial charge in [0.2, 0.25) is 0 Å². The van der Waals surface area contributed by atoms with Gasteiger partial charge < -0.3 is 15.3 Å². The van der Waals surface area contributed by atoms with Crippen LogP contribution in [0, 0.1) is 11.7 Å². The topological polar surface area (TPSA) is 69.6 Å². The molecule has 1 heterocycles. The van der Waals surface area contributed by atoms with E-state index >= 15 is 0 Å². The number of carboxylic acids is 1. The summed E-state index contributed by atoms with van der Waals surface area (Å²) in [7, 11) is 0. The minimum atomic E-state index is -0.803. The van der Waals surface area contributed by atoms with Crippen LogP contribution < -0.4 is 5.32 Å². The molecule has 1 saturated heterocycles. The molecule has 1 aliphatic heterocycles. The Morgan fingerprint density at radius 3 is 2.48 bits per heavy atom. The zero-order valence-electron chi connectivity index (χ0n) is 12.9. The summed E-state index contributed by atoms with van der Waals surface area (Å²) in [6.45, 7) is 0.992. The summed E-state index contributed by atoms with van der Waals surface area (Å²) in [4.78, 5) is 24.6. The first kappa shape index (κ1) is 15.8. The standard InChI is InChI=1S/C17H21FN2O3/c18-15-9-13(11-1-2-11)3-4-14(15)10-19-17(23)20-7-5-12(6-8-20)16(21)22/h3-4,9,11-12H,1-2,5-8,10H2,(H,19,23)(H,21,22). The molecule has 2 aliphatic rings. The van der Waals surface area contributed by atoms with Crippen LogP contribution in [-0.2, 0) is 11.3 Å². The van der Waals surface area contributed by atoms with Gasteiger partial charge in [-0.15, -0.1) is 0 Å². The Labute approximate surface area is 134 Å². The summed E-state index contributed by atoms with van der Waals surface area (Å²) in [6.07, 6.45) is 3.18. The number of piperidine rings is 1. The van der Waals surface area contributed by atoms with Crippen LogP contribution in [0.5, 0.6) is 0 Å². The zero-order valence-corrected chi connectivity index (χ0v) is 12.9.